The van der Waals surface area contributed by atoms with Crippen molar-refractivity contribution in [3.63, 3.8) is 0 Å². The molecule has 5 aromatic rings. The zero-order valence-electron chi connectivity index (χ0n) is 17.9. The van der Waals surface area contributed by atoms with Gasteiger partial charge in [0.05, 0.1) is 16.6 Å². The van der Waals surface area contributed by atoms with Gasteiger partial charge in [-0.05, 0) is 61.8 Å². The van der Waals surface area contributed by atoms with Crippen molar-refractivity contribution in [2.24, 2.45) is 0 Å². The van der Waals surface area contributed by atoms with Crippen molar-refractivity contribution in [1.82, 2.24) is 30.5 Å². The minimum atomic E-state index is 0.258. The molecule has 3 aromatic heterocycles. The Balaban J connectivity index is 1.33. The van der Waals surface area contributed by atoms with Crippen molar-refractivity contribution >= 4 is 22.1 Å². The van der Waals surface area contributed by atoms with Crippen LogP contribution in [0.2, 0.25) is 0 Å². The molecule has 8 heteroatoms. The van der Waals surface area contributed by atoms with Gasteiger partial charge in [0.1, 0.15) is 5.52 Å². The Morgan fingerprint density at radius 2 is 1.76 bits per heavy atom. The van der Waals surface area contributed by atoms with Gasteiger partial charge in [-0.25, -0.2) is 9.97 Å². The third kappa shape index (κ3) is 3.06. The summed E-state index contributed by atoms with van der Waals surface area (Å²) in [5, 5.41) is 11.1. The molecule has 7 rings (SSSR count). The first-order valence-corrected chi connectivity index (χ1v) is 11.3. The van der Waals surface area contributed by atoms with E-state index in [4.69, 9.17) is 19.4 Å². The number of hydrogen-bond donors (Lipinski definition) is 3. The highest BCUT2D eigenvalue weighted by Crippen LogP contribution is 2.38. The lowest BCUT2D eigenvalue weighted by Gasteiger charge is -2.22. The Kier molecular flexibility index (Phi) is 4.13. The van der Waals surface area contributed by atoms with Gasteiger partial charge in [0.15, 0.2) is 23.0 Å². The predicted molar refractivity (Wildman–Crippen MR) is 125 cm³/mol. The molecule has 0 saturated carbocycles. The molecule has 0 bridgehead atoms. The van der Waals surface area contributed by atoms with Crippen molar-refractivity contribution < 1.29 is 9.47 Å². The molecular weight excluding hydrogens is 416 g/mol. The summed E-state index contributed by atoms with van der Waals surface area (Å²) in [6.45, 7) is 2.33. The lowest BCUT2D eigenvalue weighted by Crippen LogP contribution is -2.27. The van der Waals surface area contributed by atoms with Crippen molar-refractivity contribution in [2.75, 3.05) is 19.9 Å². The fourth-order valence-corrected chi connectivity index (χ4v) is 4.87. The maximum atomic E-state index is 5.57. The fourth-order valence-electron chi connectivity index (χ4n) is 4.87. The number of rotatable bonds is 3. The minimum absolute atomic E-state index is 0.258. The maximum absolute atomic E-state index is 5.57. The number of aromatic nitrogens is 5. The highest BCUT2D eigenvalue weighted by atomic mass is 16.7. The second-order valence-corrected chi connectivity index (χ2v) is 8.58. The Hall–Kier alpha value is -3.91. The van der Waals surface area contributed by atoms with Crippen LogP contribution >= 0.6 is 0 Å². The van der Waals surface area contributed by atoms with E-state index in [0.29, 0.717) is 11.7 Å². The molecule has 0 spiro atoms. The second kappa shape index (κ2) is 7.31. The lowest BCUT2D eigenvalue weighted by atomic mass is 9.94. The lowest BCUT2D eigenvalue weighted by molar-refractivity contribution is 0.174. The molecule has 5 heterocycles. The predicted octanol–water partition coefficient (Wildman–Crippen LogP) is 4.36. The van der Waals surface area contributed by atoms with Gasteiger partial charge in [0.2, 0.25) is 6.79 Å². The largest absolute Gasteiger partial charge is 0.454 e. The fraction of sp³-hybridized carbons (Fsp3) is 0.240. The van der Waals surface area contributed by atoms with Gasteiger partial charge < -0.3 is 19.8 Å². The molecule has 0 amide bonds. The topological polar surface area (TPSA) is 101 Å². The Bertz CT molecular complexity index is 1500. The molecule has 8 nitrogen and oxygen atoms in total. The summed E-state index contributed by atoms with van der Waals surface area (Å²) < 4.78 is 11.0. The molecule has 1 saturated heterocycles. The van der Waals surface area contributed by atoms with Crippen LogP contribution in [0.1, 0.15) is 24.5 Å². The zero-order chi connectivity index (χ0) is 21.8. The first-order valence-electron chi connectivity index (χ1n) is 11.3. The van der Waals surface area contributed by atoms with Crippen LogP contribution in [-0.2, 0) is 0 Å². The van der Waals surface area contributed by atoms with Crippen molar-refractivity contribution in [1.29, 1.82) is 0 Å². The molecule has 3 N–H and O–H groups in total. The highest BCUT2D eigenvalue weighted by Gasteiger charge is 2.21. The van der Waals surface area contributed by atoms with E-state index in [1.54, 1.807) is 0 Å². The molecule has 33 heavy (non-hydrogen) atoms. The highest BCUT2D eigenvalue weighted by molar-refractivity contribution is 5.96. The molecule has 0 radical (unpaired) electrons. The van der Waals surface area contributed by atoms with Crippen molar-refractivity contribution in [2.45, 2.75) is 18.8 Å². The third-order valence-corrected chi connectivity index (χ3v) is 6.61. The van der Waals surface area contributed by atoms with Gasteiger partial charge >= 0.3 is 0 Å². The molecule has 164 valence electrons. The van der Waals surface area contributed by atoms with Gasteiger partial charge in [-0.3, -0.25) is 5.10 Å². The van der Waals surface area contributed by atoms with Crippen LogP contribution in [0.3, 0.4) is 0 Å². The van der Waals surface area contributed by atoms with Gasteiger partial charge in [-0.15, -0.1) is 0 Å². The molecule has 2 aliphatic heterocycles. The van der Waals surface area contributed by atoms with Crippen molar-refractivity contribution in [3.8, 4) is 34.1 Å². The van der Waals surface area contributed by atoms with E-state index in [0.717, 1.165) is 82.0 Å². The van der Waals surface area contributed by atoms with Gasteiger partial charge in [-0.2, -0.15) is 5.10 Å². The standard InChI is InChI=1S/C25H22N6O2/c1-2-16(15-4-7-20-21(12-15)33-13-32-20)22-18(3-1)28-25(29-22)24-23-19(30-31-24)6-5-17(27-23)14-8-10-26-11-9-14/h1-7,12,14,26H,8-11,13H2,(H,28,29)(H,30,31). The molecule has 1 fully saturated rings. The number of piperidine rings is 1. The first-order chi connectivity index (χ1) is 16.3. The van der Waals surface area contributed by atoms with Crippen LogP contribution in [0.4, 0.5) is 0 Å². The summed E-state index contributed by atoms with van der Waals surface area (Å²) in [5.74, 6) is 2.71. The normalized spacial score (nSPS) is 16.1. The average molecular weight is 438 g/mol. The minimum Gasteiger partial charge on any atom is -0.454 e. The summed E-state index contributed by atoms with van der Waals surface area (Å²) >= 11 is 0. The smallest absolute Gasteiger partial charge is 0.231 e. The second-order valence-electron chi connectivity index (χ2n) is 8.58. The quantitative estimate of drug-likeness (QED) is 0.387. The number of nitrogens with zero attached hydrogens (tertiary/aromatic N) is 3. The molecule has 2 aliphatic rings. The van der Waals surface area contributed by atoms with E-state index in [9.17, 15) is 0 Å². The van der Waals surface area contributed by atoms with Crippen LogP contribution in [0, 0.1) is 0 Å². The van der Waals surface area contributed by atoms with E-state index in [1.165, 1.54) is 0 Å². The number of H-pyrrole nitrogens is 2. The number of aromatic amines is 2. The van der Waals surface area contributed by atoms with E-state index < -0.39 is 0 Å². The van der Waals surface area contributed by atoms with Crippen LogP contribution in [0.15, 0.2) is 48.5 Å². The summed E-state index contributed by atoms with van der Waals surface area (Å²) in [6, 6.07) is 16.3. The molecule has 0 atom stereocenters. The first kappa shape index (κ1) is 18.6. The summed E-state index contributed by atoms with van der Waals surface area (Å²) in [7, 11) is 0. The van der Waals surface area contributed by atoms with Crippen LogP contribution in [0.5, 0.6) is 11.5 Å². The number of benzene rings is 2. The monoisotopic (exact) mass is 438 g/mol. The van der Waals surface area contributed by atoms with E-state index in [2.05, 4.69) is 38.7 Å². The zero-order valence-corrected chi connectivity index (χ0v) is 17.9. The van der Waals surface area contributed by atoms with Crippen LogP contribution in [-0.4, -0.2) is 45.0 Å². The average Bonchev–Trinajstić information content (AvgIpc) is 3.60. The number of ether oxygens (including phenoxy) is 2. The Morgan fingerprint density at radius 1 is 0.848 bits per heavy atom. The summed E-state index contributed by atoms with van der Waals surface area (Å²) in [5.41, 5.74) is 7.53. The van der Waals surface area contributed by atoms with Crippen LogP contribution in [0.25, 0.3) is 44.7 Å². The third-order valence-electron chi connectivity index (χ3n) is 6.61. The van der Waals surface area contributed by atoms with Gasteiger partial charge in [0.25, 0.3) is 0 Å². The molecular formula is C25H22N6O2. The summed E-state index contributed by atoms with van der Waals surface area (Å²) in [4.78, 5) is 13.4. The number of hydrogen-bond acceptors (Lipinski definition) is 6. The Labute approximate surface area is 189 Å². The number of fused-ring (bicyclic) bond motifs is 3. The van der Waals surface area contributed by atoms with Crippen molar-refractivity contribution in [3.05, 3.63) is 54.2 Å². The molecule has 0 aliphatic carbocycles. The number of para-hydroxylation sites is 1. The number of nitrogens with one attached hydrogen (secondary N) is 3. The maximum Gasteiger partial charge on any atom is 0.231 e. The molecule has 2 aromatic carbocycles. The number of pyridine rings is 1. The van der Waals surface area contributed by atoms with E-state index in [-0.39, 0.29) is 6.79 Å². The van der Waals surface area contributed by atoms with Crippen LogP contribution < -0.4 is 14.8 Å². The molecule has 0 unspecified atom stereocenters. The number of imidazole rings is 1. The van der Waals surface area contributed by atoms with Gasteiger partial charge in [0, 0.05) is 17.2 Å². The van der Waals surface area contributed by atoms with E-state index in [1.807, 2.05) is 30.3 Å². The van der Waals surface area contributed by atoms with E-state index >= 15 is 0 Å². The SMILES string of the molecule is c1cc(-c2ccc3c(c2)OCO3)c2nc(-c3n[nH]c4ccc(C5CCNCC5)nc34)[nH]c2c1. The summed E-state index contributed by atoms with van der Waals surface area (Å²) in [6.07, 6.45) is 2.21. The van der Waals surface area contributed by atoms with Gasteiger partial charge in [-0.1, -0.05) is 18.2 Å². The Morgan fingerprint density at radius 3 is 2.70 bits per heavy atom.